The van der Waals surface area contributed by atoms with Gasteiger partial charge in [-0.15, -0.1) is 0 Å². The van der Waals surface area contributed by atoms with Crippen molar-refractivity contribution in [1.29, 1.82) is 0 Å². The Labute approximate surface area is 104 Å². The molecule has 3 fully saturated rings. The van der Waals surface area contributed by atoms with Crippen LogP contribution in [0.2, 0.25) is 0 Å². The van der Waals surface area contributed by atoms with Crippen LogP contribution in [0, 0.1) is 11.8 Å². The number of carbonyl (C=O) groups excluding carboxylic acids is 1. The first-order valence-electron chi connectivity index (χ1n) is 7.11. The van der Waals surface area contributed by atoms with Gasteiger partial charge in [-0.1, -0.05) is 6.92 Å². The highest BCUT2D eigenvalue weighted by Crippen LogP contribution is 2.30. The van der Waals surface area contributed by atoms with Crippen LogP contribution in [0.5, 0.6) is 0 Å². The first-order valence-corrected chi connectivity index (χ1v) is 7.11. The summed E-state index contributed by atoms with van der Waals surface area (Å²) in [5.74, 6) is 1.54. The second kappa shape index (κ2) is 4.69. The topological polar surface area (TPSA) is 29.5 Å². The van der Waals surface area contributed by atoms with Gasteiger partial charge in [0, 0.05) is 32.0 Å². The Morgan fingerprint density at radius 3 is 2.65 bits per heavy atom. The van der Waals surface area contributed by atoms with Gasteiger partial charge in [0.15, 0.2) is 0 Å². The van der Waals surface area contributed by atoms with Gasteiger partial charge in [-0.25, -0.2) is 0 Å². The van der Waals surface area contributed by atoms with Gasteiger partial charge in [0.05, 0.1) is 12.2 Å². The smallest absolute Gasteiger partial charge is 0.137 e. The van der Waals surface area contributed by atoms with E-state index in [1.54, 1.807) is 0 Å². The van der Waals surface area contributed by atoms with E-state index in [4.69, 9.17) is 4.74 Å². The van der Waals surface area contributed by atoms with Crippen molar-refractivity contribution in [2.45, 2.75) is 51.2 Å². The van der Waals surface area contributed by atoms with Gasteiger partial charge < -0.3 is 4.74 Å². The van der Waals surface area contributed by atoms with Crippen LogP contribution in [0.4, 0.5) is 0 Å². The van der Waals surface area contributed by atoms with Crippen LogP contribution in [0.1, 0.15) is 39.0 Å². The molecule has 2 aliphatic heterocycles. The molecule has 2 saturated heterocycles. The zero-order valence-electron chi connectivity index (χ0n) is 10.7. The Bertz CT molecular complexity index is 293. The molecule has 3 heteroatoms. The van der Waals surface area contributed by atoms with Crippen LogP contribution in [0.15, 0.2) is 0 Å². The third-order valence-corrected chi connectivity index (χ3v) is 4.62. The minimum atomic E-state index is 0.302. The number of likely N-dealkylation sites (tertiary alicyclic amines) is 1. The van der Waals surface area contributed by atoms with Gasteiger partial charge in [0.1, 0.15) is 5.78 Å². The predicted molar refractivity (Wildman–Crippen MR) is 65.8 cm³/mol. The molecule has 0 aromatic rings. The van der Waals surface area contributed by atoms with Gasteiger partial charge >= 0.3 is 0 Å². The highest BCUT2D eigenvalue weighted by molar-refractivity contribution is 5.81. The van der Waals surface area contributed by atoms with E-state index in [1.165, 1.54) is 12.8 Å². The lowest BCUT2D eigenvalue weighted by molar-refractivity contribution is -0.127. The Hall–Kier alpha value is -0.410. The van der Waals surface area contributed by atoms with Crippen molar-refractivity contribution in [3.05, 3.63) is 0 Å². The number of carbonyl (C=O) groups is 1. The molecule has 0 spiro atoms. The number of morpholine rings is 1. The SMILES string of the molecule is CC1CCC(=O)C(CN2CC3CCC(C2)O3)C1. The fourth-order valence-corrected chi connectivity index (χ4v) is 3.66. The Balaban J connectivity index is 1.57. The summed E-state index contributed by atoms with van der Waals surface area (Å²) in [4.78, 5) is 14.4. The molecule has 3 aliphatic rings. The van der Waals surface area contributed by atoms with Crippen LogP contribution in [-0.2, 0) is 9.53 Å². The Morgan fingerprint density at radius 1 is 1.24 bits per heavy atom. The molecule has 4 unspecified atom stereocenters. The molecule has 0 N–H and O–H groups in total. The van der Waals surface area contributed by atoms with Crippen molar-refractivity contribution in [3.63, 3.8) is 0 Å². The second-order valence-corrected chi connectivity index (χ2v) is 6.22. The van der Waals surface area contributed by atoms with Crippen molar-refractivity contribution in [3.8, 4) is 0 Å². The first-order chi connectivity index (χ1) is 8.20. The number of hydrogen-bond acceptors (Lipinski definition) is 3. The Kier molecular flexibility index (Phi) is 3.22. The highest BCUT2D eigenvalue weighted by atomic mass is 16.5. The fourth-order valence-electron chi connectivity index (χ4n) is 3.66. The molecule has 1 saturated carbocycles. The summed E-state index contributed by atoms with van der Waals surface area (Å²) in [7, 11) is 0. The first kappa shape index (κ1) is 11.7. The fraction of sp³-hybridized carbons (Fsp3) is 0.929. The lowest BCUT2D eigenvalue weighted by atomic mass is 9.81. The van der Waals surface area contributed by atoms with Crippen LogP contribution in [-0.4, -0.2) is 42.5 Å². The molecule has 0 aromatic carbocycles. The van der Waals surface area contributed by atoms with Crippen molar-refractivity contribution < 1.29 is 9.53 Å². The van der Waals surface area contributed by atoms with Crippen LogP contribution < -0.4 is 0 Å². The predicted octanol–water partition coefficient (Wildman–Crippen LogP) is 1.85. The van der Waals surface area contributed by atoms with E-state index in [2.05, 4.69) is 11.8 Å². The maximum absolute atomic E-state index is 11.9. The standard InChI is InChI=1S/C14H23NO2/c1-10-2-5-14(16)11(6-10)7-15-8-12-3-4-13(9-15)17-12/h10-13H,2-9H2,1H3. The quantitative estimate of drug-likeness (QED) is 0.734. The van der Waals surface area contributed by atoms with E-state index >= 15 is 0 Å². The summed E-state index contributed by atoms with van der Waals surface area (Å²) < 4.78 is 5.84. The summed E-state index contributed by atoms with van der Waals surface area (Å²) in [5, 5.41) is 0. The number of ether oxygens (including phenoxy) is 1. The number of fused-ring (bicyclic) bond motifs is 2. The average molecular weight is 237 g/mol. The van der Waals surface area contributed by atoms with E-state index in [0.29, 0.717) is 23.9 Å². The van der Waals surface area contributed by atoms with Crippen molar-refractivity contribution in [2.75, 3.05) is 19.6 Å². The average Bonchev–Trinajstić information content (AvgIpc) is 2.63. The van der Waals surface area contributed by atoms with E-state index in [-0.39, 0.29) is 0 Å². The van der Waals surface area contributed by atoms with Crippen molar-refractivity contribution in [2.24, 2.45) is 11.8 Å². The van der Waals surface area contributed by atoms with Gasteiger partial charge in [-0.3, -0.25) is 9.69 Å². The molecule has 0 amide bonds. The molecule has 3 rings (SSSR count). The summed E-state index contributed by atoms with van der Waals surface area (Å²) >= 11 is 0. The lowest BCUT2D eigenvalue weighted by Crippen LogP contribution is -2.46. The number of nitrogens with zero attached hydrogens (tertiary/aromatic N) is 1. The number of ketones is 1. The molecule has 1 aliphatic carbocycles. The summed E-state index contributed by atoms with van der Waals surface area (Å²) in [5.41, 5.74) is 0. The maximum Gasteiger partial charge on any atom is 0.137 e. The van der Waals surface area contributed by atoms with E-state index in [0.717, 1.165) is 44.8 Å². The molecule has 17 heavy (non-hydrogen) atoms. The minimum Gasteiger partial charge on any atom is -0.372 e. The van der Waals surface area contributed by atoms with Gasteiger partial charge in [0.25, 0.3) is 0 Å². The third-order valence-electron chi connectivity index (χ3n) is 4.62. The number of hydrogen-bond donors (Lipinski definition) is 0. The normalized spacial score (nSPS) is 43.0. The van der Waals surface area contributed by atoms with Crippen molar-refractivity contribution >= 4 is 5.78 Å². The van der Waals surface area contributed by atoms with E-state index < -0.39 is 0 Å². The Morgan fingerprint density at radius 2 is 1.94 bits per heavy atom. The number of rotatable bonds is 2. The van der Waals surface area contributed by atoms with Crippen LogP contribution in [0.25, 0.3) is 0 Å². The van der Waals surface area contributed by atoms with Crippen LogP contribution >= 0.6 is 0 Å². The molecule has 4 atom stereocenters. The second-order valence-electron chi connectivity index (χ2n) is 6.22. The third kappa shape index (κ3) is 2.55. The molecular formula is C14H23NO2. The monoisotopic (exact) mass is 237 g/mol. The van der Waals surface area contributed by atoms with E-state index in [9.17, 15) is 4.79 Å². The van der Waals surface area contributed by atoms with E-state index in [1.807, 2.05) is 0 Å². The maximum atomic E-state index is 11.9. The number of Topliss-reactive ketones (excluding diaryl/α,β-unsaturated/α-hetero) is 1. The molecule has 0 radical (unpaired) electrons. The molecule has 2 bridgehead atoms. The molecule has 0 aromatic heterocycles. The lowest BCUT2D eigenvalue weighted by Gasteiger charge is -2.36. The van der Waals surface area contributed by atoms with Crippen LogP contribution in [0.3, 0.4) is 0 Å². The molecule has 96 valence electrons. The highest BCUT2D eigenvalue weighted by Gasteiger charge is 2.36. The molecular weight excluding hydrogens is 214 g/mol. The summed E-state index contributed by atoms with van der Waals surface area (Å²) in [6.45, 7) is 5.37. The van der Waals surface area contributed by atoms with Gasteiger partial charge in [-0.05, 0) is 31.6 Å². The molecule has 2 heterocycles. The van der Waals surface area contributed by atoms with Crippen molar-refractivity contribution in [1.82, 2.24) is 4.90 Å². The van der Waals surface area contributed by atoms with Gasteiger partial charge in [0.2, 0.25) is 0 Å². The minimum absolute atomic E-state index is 0.302. The summed E-state index contributed by atoms with van der Waals surface area (Å²) in [6, 6.07) is 0. The van der Waals surface area contributed by atoms with Gasteiger partial charge in [-0.2, -0.15) is 0 Å². The zero-order valence-corrected chi connectivity index (χ0v) is 10.7. The summed E-state index contributed by atoms with van der Waals surface area (Å²) in [6.07, 6.45) is 6.35. The molecule has 3 nitrogen and oxygen atoms in total. The zero-order chi connectivity index (χ0) is 11.8. The largest absolute Gasteiger partial charge is 0.372 e.